The Hall–Kier alpha value is -0.830. The summed E-state index contributed by atoms with van der Waals surface area (Å²) in [5.74, 6) is 0. The van der Waals surface area contributed by atoms with Gasteiger partial charge in [-0.2, -0.15) is 0 Å². The van der Waals surface area contributed by atoms with Crippen LogP contribution in [0.3, 0.4) is 0 Å². The second-order valence-electron chi connectivity index (χ2n) is 2.56. The lowest BCUT2D eigenvalue weighted by Gasteiger charge is -2.09. The predicted octanol–water partition coefficient (Wildman–Crippen LogP) is 2.26. The van der Waals surface area contributed by atoms with E-state index in [9.17, 15) is 4.79 Å². The fraction of sp³-hybridized carbons (Fsp3) is 0.222. The van der Waals surface area contributed by atoms with Gasteiger partial charge in [0.2, 0.25) is 6.41 Å². The maximum absolute atomic E-state index is 10.1. The van der Waals surface area contributed by atoms with Gasteiger partial charge in [-0.1, -0.05) is 28.1 Å². The van der Waals surface area contributed by atoms with Crippen LogP contribution in [0.2, 0.25) is 0 Å². The molecule has 3 heteroatoms. The molecule has 0 aromatic heterocycles. The van der Waals surface area contributed by atoms with Crippen LogP contribution < -0.4 is 5.32 Å². The summed E-state index contributed by atoms with van der Waals surface area (Å²) in [5, 5.41) is 2.69. The smallest absolute Gasteiger partial charge is 0.207 e. The average molecular weight is 228 g/mol. The van der Waals surface area contributed by atoms with Gasteiger partial charge in [-0.05, 0) is 24.6 Å². The number of carbonyl (C=O) groups is 1. The monoisotopic (exact) mass is 227 g/mol. The molecule has 1 N–H and O–H groups in total. The molecule has 0 spiro atoms. The molecule has 12 heavy (non-hydrogen) atoms. The summed E-state index contributed by atoms with van der Waals surface area (Å²) < 4.78 is 1.05. The van der Waals surface area contributed by atoms with E-state index in [0.717, 1.165) is 10.0 Å². The second kappa shape index (κ2) is 4.26. The Balaban J connectivity index is 2.74. The van der Waals surface area contributed by atoms with Crippen LogP contribution in [0.1, 0.15) is 18.5 Å². The highest BCUT2D eigenvalue weighted by Crippen LogP contribution is 2.15. The molecule has 1 rings (SSSR count). The largest absolute Gasteiger partial charge is 0.352 e. The topological polar surface area (TPSA) is 29.1 Å². The molecule has 0 saturated carbocycles. The van der Waals surface area contributed by atoms with Crippen LogP contribution in [-0.4, -0.2) is 6.41 Å². The summed E-state index contributed by atoms with van der Waals surface area (Å²) in [7, 11) is 0. The van der Waals surface area contributed by atoms with Crippen molar-refractivity contribution in [3.8, 4) is 0 Å². The lowest BCUT2D eigenvalue weighted by molar-refractivity contribution is -0.110. The quantitative estimate of drug-likeness (QED) is 0.790. The highest BCUT2D eigenvalue weighted by Gasteiger charge is 2.01. The predicted molar refractivity (Wildman–Crippen MR) is 51.8 cm³/mol. The van der Waals surface area contributed by atoms with Crippen LogP contribution in [0, 0.1) is 0 Å². The first kappa shape index (κ1) is 9.26. The van der Waals surface area contributed by atoms with Crippen molar-refractivity contribution < 1.29 is 4.79 Å². The minimum atomic E-state index is 0.0793. The summed E-state index contributed by atoms with van der Waals surface area (Å²) >= 11 is 3.34. The van der Waals surface area contributed by atoms with Crippen LogP contribution in [0.15, 0.2) is 28.7 Å². The van der Waals surface area contributed by atoms with Gasteiger partial charge in [0.25, 0.3) is 0 Å². The van der Waals surface area contributed by atoms with Crippen molar-refractivity contribution in [1.29, 1.82) is 0 Å². The molecular formula is C9H10BrNO. The van der Waals surface area contributed by atoms with Crippen molar-refractivity contribution in [3.05, 3.63) is 34.3 Å². The molecule has 1 atom stereocenters. The van der Waals surface area contributed by atoms with Crippen molar-refractivity contribution in [3.63, 3.8) is 0 Å². The standard InChI is InChI=1S/C9H10BrNO/c1-7(11-6-12)8-2-4-9(10)5-3-8/h2-7H,1H3,(H,11,12)/t7-/m0/s1. The number of hydrogen-bond donors (Lipinski definition) is 1. The molecule has 0 fully saturated rings. The van der Waals surface area contributed by atoms with E-state index in [1.54, 1.807) is 0 Å². The van der Waals surface area contributed by atoms with E-state index in [1.165, 1.54) is 0 Å². The fourth-order valence-corrected chi connectivity index (χ4v) is 1.21. The third kappa shape index (κ3) is 2.34. The van der Waals surface area contributed by atoms with E-state index in [-0.39, 0.29) is 6.04 Å². The van der Waals surface area contributed by atoms with Gasteiger partial charge < -0.3 is 5.32 Å². The van der Waals surface area contributed by atoms with E-state index in [1.807, 2.05) is 31.2 Å². The van der Waals surface area contributed by atoms with Crippen molar-refractivity contribution in [2.75, 3.05) is 0 Å². The molecule has 0 bridgehead atoms. The number of halogens is 1. The van der Waals surface area contributed by atoms with E-state index >= 15 is 0 Å². The number of benzene rings is 1. The van der Waals surface area contributed by atoms with Crippen LogP contribution in [-0.2, 0) is 4.79 Å². The third-order valence-corrected chi connectivity index (χ3v) is 2.22. The van der Waals surface area contributed by atoms with Crippen molar-refractivity contribution in [2.24, 2.45) is 0 Å². The molecular weight excluding hydrogens is 218 g/mol. The third-order valence-electron chi connectivity index (χ3n) is 1.69. The van der Waals surface area contributed by atoms with Crippen molar-refractivity contribution in [1.82, 2.24) is 5.32 Å². The van der Waals surface area contributed by atoms with Crippen LogP contribution in [0.25, 0.3) is 0 Å². The van der Waals surface area contributed by atoms with Crippen molar-refractivity contribution >= 4 is 22.3 Å². The van der Waals surface area contributed by atoms with E-state index in [2.05, 4.69) is 21.2 Å². The summed E-state index contributed by atoms with van der Waals surface area (Å²) in [6, 6.07) is 7.95. The lowest BCUT2D eigenvalue weighted by Crippen LogP contribution is -2.15. The molecule has 64 valence electrons. The van der Waals surface area contributed by atoms with Gasteiger partial charge >= 0.3 is 0 Å². The van der Waals surface area contributed by atoms with Crippen LogP contribution >= 0.6 is 15.9 Å². The molecule has 0 saturated heterocycles. The van der Waals surface area contributed by atoms with Gasteiger partial charge in [0, 0.05) is 4.47 Å². The Bertz CT molecular complexity index is 258. The molecule has 1 amide bonds. The number of amides is 1. The Labute approximate surface area is 80.1 Å². The molecule has 0 heterocycles. The lowest BCUT2D eigenvalue weighted by atomic mass is 10.1. The molecule has 1 aromatic rings. The highest BCUT2D eigenvalue weighted by atomic mass is 79.9. The molecule has 0 aliphatic carbocycles. The molecule has 0 aliphatic heterocycles. The Morgan fingerprint density at radius 2 is 2.00 bits per heavy atom. The normalized spacial score (nSPS) is 12.2. The number of carbonyl (C=O) groups excluding carboxylic acids is 1. The van der Waals surface area contributed by atoms with Gasteiger partial charge in [-0.25, -0.2) is 0 Å². The first-order valence-corrected chi connectivity index (χ1v) is 4.48. The molecule has 0 aliphatic rings. The first-order valence-electron chi connectivity index (χ1n) is 3.69. The van der Waals surface area contributed by atoms with E-state index in [0.29, 0.717) is 6.41 Å². The van der Waals surface area contributed by atoms with E-state index in [4.69, 9.17) is 0 Å². The van der Waals surface area contributed by atoms with Crippen LogP contribution in [0.5, 0.6) is 0 Å². The fourth-order valence-electron chi connectivity index (χ4n) is 0.950. The Kier molecular flexibility index (Phi) is 3.29. The zero-order valence-electron chi connectivity index (χ0n) is 6.75. The summed E-state index contributed by atoms with van der Waals surface area (Å²) in [6.07, 6.45) is 0.715. The maximum Gasteiger partial charge on any atom is 0.207 e. The maximum atomic E-state index is 10.1. The van der Waals surface area contributed by atoms with Gasteiger partial charge in [-0.3, -0.25) is 4.79 Å². The average Bonchev–Trinajstić information content (AvgIpc) is 2.06. The van der Waals surface area contributed by atoms with Crippen molar-refractivity contribution in [2.45, 2.75) is 13.0 Å². The number of hydrogen-bond acceptors (Lipinski definition) is 1. The second-order valence-corrected chi connectivity index (χ2v) is 3.47. The minimum Gasteiger partial charge on any atom is -0.352 e. The van der Waals surface area contributed by atoms with Crippen LogP contribution in [0.4, 0.5) is 0 Å². The summed E-state index contributed by atoms with van der Waals surface area (Å²) in [5.41, 5.74) is 1.10. The minimum absolute atomic E-state index is 0.0793. The van der Waals surface area contributed by atoms with Gasteiger partial charge in [0.1, 0.15) is 0 Å². The van der Waals surface area contributed by atoms with Gasteiger partial charge in [0.15, 0.2) is 0 Å². The van der Waals surface area contributed by atoms with Gasteiger partial charge in [-0.15, -0.1) is 0 Å². The number of nitrogens with one attached hydrogen (secondary N) is 1. The van der Waals surface area contributed by atoms with E-state index < -0.39 is 0 Å². The SMILES string of the molecule is C[C@H](NC=O)c1ccc(Br)cc1. The summed E-state index contributed by atoms with van der Waals surface area (Å²) in [6.45, 7) is 1.94. The summed E-state index contributed by atoms with van der Waals surface area (Å²) in [4.78, 5) is 10.1. The molecule has 0 unspecified atom stereocenters. The number of rotatable bonds is 3. The highest BCUT2D eigenvalue weighted by molar-refractivity contribution is 9.10. The Morgan fingerprint density at radius 1 is 1.42 bits per heavy atom. The Morgan fingerprint density at radius 3 is 2.50 bits per heavy atom. The zero-order chi connectivity index (χ0) is 8.97. The zero-order valence-corrected chi connectivity index (χ0v) is 8.34. The first-order chi connectivity index (χ1) is 5.74. The molecule has 2 nitrogen and oxygen atoms in total. The molecule has 0 radical (unpaired) electrons. The van der Waals surface area contributed by atoms with Gasteiger partial charge in [0.05, 0.1) is 6.04 Å². The molecule has 1 aromatic carbocycles.